The zero-order chi connectivity index (χ0) is 20.5. The third kappa shape index (κ3) is 2.64. The summed E-state index contributed by atoms with van der Waals surface area (Å²) >= 11 is 0. The topological polar surface area (TPSA) is 0 Å². The van der Waals surface area contributed by atoms with Gasteiger partial charge >= 0.3 is 0 Å². The SMILES string of the molecule is CC1CC2C3CCCCC3CCC2C1C(C)(C)C1c2ccccc2-c2ccccc21. The van der Waals surface area contributed by atoms with Gasteiger partial charge in [-0.1, -0.05) is 88.6 Å². The molecule has 0 spiro atoms. The monoisotopic (exact) mass is 398 g/mol. The highest BCUT2D eigenvalue weighted by atomic mass is 14.6. The van der Waals surface area contributed by atoms with Crippen LogP contribution in [0.5, 0.6) is 0 Å². The summed E-state index contributed by atoms with van der Waals surface area (Å²) in [6.07, 6.45) is 10.6. The maximum absolute atomic E-state index is 2.63. The third-order valence-electron chi connectivity index (χ3n) is 10.1. The Hall–Kier alpha value is -1.56. The van der Waals surface area contributed by atoms with Crippen molar-refractivity contribution in [3.63, 3.8) is 0 Å². The number of benzene rings is 2. The summed E-state index contributed by atoms with van der Waals surface area (Å²) in [5.74, 6) is 6.31. The normalized spacial score (nSPS) is 35.4. The summed E-state index contributed by atoms with van der Waals surface area (Å²) in [6, 6.07) is 18.6. The summed E-state index contributed by atoms with van der Waals surface area (Å²) in [5, 5.41) is 0. The first-order valence-corrected chi connectivity index (χ1v) is 12.8. The Bertz CT molecular complexity index is 891. The zero-order valence-corrected chi connectivity index (χ0v) is 19.1. The van der Waals surface area contributed by atoms with Crippen molar-refractivity contribution in [2.75, 3.05) is 0 Å². The van der Waals surface area contributed by atoms with E-state index < -0.39 is 0 Å². The van der Waals surface area contributed by atoms with Crippen LogP contribution in [0.1, 0.15) is 82.8 Å². The van der Waals surface area contributed by atoms with Crippen LogP contribution >= 0.6 is 0 Å². The van der Waals surface area contributed by atoms with Gasteiger partial charge in [0, 0.05) is 5.92 Å². The van der Waals surface area contributed by atoms with E-state index in [1.54, 1.807) is 11.1 Å². The van der Waals surface area contributed by atoms with E-state index >= 15 is 0 Å². The minimum atomic E-state index is 0.295. The zero-order valence-electron chi connectivity index (χ0n) is 19.1. The molecule has 0 bridgehead atoms. The predicted molar refractivity (Wildman–Crippen MR) is 126 cm³/mol. The van der Waals surface area contributed by atoms with Crippen molar-refractivity contribution in [1.82, 2.24) is 0 Å². The van der Waals surface area contributed by atoms with Crippen molar-refractivity contribution in [2.24, 2.45) is 40.9 Å². The lowest BCUT2D eigenvalue weighted by Crippen LogP contribution is -2.41. The van der Waals surface area contributed by atoms with Crippen molar-refractivity contribution in [2.45, 2.75) is 71.6 Å². The smallest absolute Gasteiger partial charge is 0.0156 e. The lowest BCUT2D eigenvalue weighted by Gasteiger charge is -2.49. The molecule has 6 atom stereocenters. The van der Waals surface area contributed by atoms with E-state index in [4.69, 9.17) is 0 Å². The van der Waals surface area contributed by atoms with Crippen molar-refractivity contribution >= 4 is 0 Å². The summed E-state index contributed by atoms with van der Waals surface area (Å²) in [7, 11) is 0. The van der Waals surface area contributed by atoms with E-state index in [-0.39, 0.29) is 0 Å². The van der Waals surface area contributed by atoms with Crippen LogP contribution in [0.2, 0.25) is 0 Å². The summed E-state index contributed by atoms with van der Waals surface area (Å²) in [5.41, 5.74) is 6.45. The molecule has 2 aromatic rings. The molecule has 0 aliphatic heterocycles. The highest BCUT2D eigenvalue weighted by Gasteiger charge is 2.56. The molecule has 0 aromatic heterocycles. The van der Waals surface area contributed by atoms with E-state index in [1.807, 2.05) is 0 Å². The molecule has 3 saturated carbocycles. The molecule has 0 heteroatoms. The van der Waals surface area contributed by atoms with Crippen LogP contribution in [0.15, 0.2) is 48.5 Å². The Morgan fingerprint density at radius 1 is 0.700 bits per heavy atom. The molecule has 0 saturated heterocycles. The molecule has 6 rings (SSSR count). The van der Waals surface area contributed by atoms with Crippen molar-refractivity contribution in [3.8, 4) is 11.1 Å². The Kier molecular flexibility index (Phi) is 4.45. The van der Waals surface area contributed by atoms with Crippen LogP contribution in [0.3, 0.4) is 0 Å². The molecule has 0 amide bonds. The number of fused-ring (bicyclic) bond motifs is 6. The van der Waals surface area contributed by atoms with Gasteiger partial charge in [0.25, 0.3) is 0 Å². The summed E-state index contributed by atoms with van der Waals surface area (Å²) in [6.45, 7) is 7.87. The summed E-state index contributed by atoms with van der Waals surface area (Å²) < 4.78 is 0. The second-order valence-corrected chi connectivity index (χ2v) is 11.8. The highest BCUT2D eigenvalue weighted by Crippen LogP contribution is 2.65. The van der Waals surface area contributed by atoms with Crippen LogP contribution in [0.25, 0.3) is 11.1 Å². The lowest BCUT2D eigenvalue weighted by molar-refractivity contribution is 0.0229. The second-order valence-electron chi connectivity index (χ2n) is 11.8. The number of rotatable bonds is 2. The molecule has 6 unspecified atom stereocenters. The van der Waals surface area contributed by atoms with Gasteiger partial charge in [0.2, 0.25) is 0 Å². The Morgan fingerprint density at radius 3 is 2.03 bits per heavy atom. The van der Waals surface area contributed by atoms with Crippen molar-refractivity contribution < 1.29 is 0 Å². The van der Waals surface area contributed by atoms with Crippen molar-refractivity contribution in [1.29, 1.82) is 0 Å². The minimum Gasteiger partial charge on any atom is -0.0622 e. The quantitative estimate of drug-likeness (QED) is 0.477. The van der Waals surface area contributed by atoms with Crippen LogP contribution in [0.4, 0.5) is 0 Å². The van der Waals surface area contributed by atoms with E-state index in [0.29, 0.717) is 11.3 Å². The molecular weight excluding hydrogens is 360 g/mol. The molecule has 0 heterocycles. The standard InChI is InChI=1S/C30H38/c1-19-18-27-21-11-5-4-10-20(21)16-17-26(27)28(19)30(2,3)29-24-14-8-6-12-22(24)23-13-7-9-15-25(23)29/h6-9,12-15,19-21,26-29H,4-5,10-11,16-18H2,1-3H3. The van der Waals surface area contributed by atoms with Gasteiger partial charge in [-0.2, -0.15) is 0 Å². The Morgan fingerprint density at radius 2 is 1.33 bits per heavy atom. The third-order valence-corrected chi connectivity index (χ3v) is 10.1. The van der Waals surface area contributed by atoms with E-state index in [9.17, 15) is 0 Å². The molecule has 30 heavy (non-hydrogen) atoms. The Balaban J connectivity index is 1.40. The van der Waals surface area contributed by atoms with Crippen LogP contribution < -0.4 is 0 Å². The van der Waals surface area contributed by atoms with E-state index in [2.05, 4.69) is 69.3 Å². The first-order valence-electron chi connectivity index (χ1n) is 12.8. The number of hydrogen-bond donors (Lipinski definition) is 0. The Labute approximate surface area is 183 Å². The van der Waals surface area contributed by atoms with Gasteiger partial charge in [-0.15, -0.1) is 0 Å². The van der Waals surface area contributed by atoms with Gasteiger partial charge in [0.05, 0.1) is 0 Å². The predicted octanol–water partition coefficient (Wildman–Crippen LogP) is 8.31. The average Bonchev–Trinajstić information content (AvgIpc) is 3.29. The molecule has 158 valence electrons. The fourth-order valence-corrected chi connectivity index (χ4v) is 9.32. The molecule has 2 aromatic carbocycles. The number of hydrogen-bond acceptors (Lipinski definition) is 0. The molecule has 4 aliphatic rings. The first-order chi connectivity index (χ1) is 14.6. The molecule has 3 fully saturated rings. The summed E-state index contributed by atoms with van der Waals surface area (Å²) in [4.78, 5) is 0. The maximum atomic E-state index is 2.63. The largest absolute Gasteiger partial charge is 0.0622 e. The lowest BCUT2D eigenvalue weighted by atomic mass is 9.56. The first kappa shape index (κ1) is 19.1. The van der Waals surface area contributed by atoms with Gasteiger partial charge in [-0.3, -0.25) is 0 Å². The van der Waals surface area contributed by atoms with Crippen LogP contribution in [-0.2, 0) is 0 Å². The fourth-order valence-electron chi connectivity index (χ4n) is 9.32. The van der Waals surface area contributed by atoms with Crippen molar-refractivity contribution in [3.05, 3.63) is 59.7 Å². The van der Waals surface area contributed by atoms with Gasteiger partial charge in [0.1, 0.15) is 0 Å². The highest BCUT2D eigenvalue weighted by molar-refractivity contribution is 5.79. The van der Waals surface area contributed by atoms with Gasteiger partial charge in [0.15, 0.2) is 0 Å². The van der Waals surface area contributed by atoms with E-state index in [1.165, 1.54) is 56.1 Å². The molecule has 0 N–H and O–H groups in total. The molecule has 4 aliphatic carbocycles. The van der Waals surface area contributed by atoms with E-state index in [0.717, 1.165) is 35.5 Å². The molecular formula is C30H38. The van der Waals surface area contributed by atoms with Gasteiger partial charge in [-0.25, -0.2) is 0 Å². The second kappa shape index (κ2) is 6.98. The van der Waals surface area contributed by atoms with Gasteiger partial charge < -0.3 is 0 Å². The molecule has 0 radical (unpaired) electrons. The van der Waals surface area contributed by atoms with Gasteiger partial charge in [-0.05, 0) is 88.9 Å². The molecule has 0 nitrogen and oxygen atoms in total. The minimum absolute atomic E-state index is 0.295. The average molecular weight is 399 g/mol. The van der Waals surface area contributed by atoms with Crippen LogP contribution in [0, 0.1) is 40.9 Å². The fraction of sp³-hybridized carbons (Fsp3) is 0.600. The maximum Gasteiger partial charge on any atom is 0.0156 e. The van der Waals surface area contributed by atoms with Crippen LogP contribution in [-0.4, -0.2) is 0 Å².